The van der Waals surface area contributed by atoms with Crippen LogP contribution in [0.5, 0.6) is 5.75 Å². The lowest BCUT2D eigenvalue weighted by Gasteiger charge is -2.05. The zero-order valence-corrected chi connectivity index (χ0v) is 26.7. The van der Waals surface area contributed by atoms with Crippen LogP contribution in [0.3, 0.4) is 0 Å². The molecule has 2 amide bonds. The van der Waals surface area contributed by atoms with Crippen molar-refractivity contribution < 1.29 is 29.0 Å². The van der Waals surface area contributed by atoms with Crippen LogP contribution in [0, 0.1) is 6.92 Å². The van der Waals surface area contributed by atoms with Gasteiger partial charge in [-0.3, -0.25) is 9.59 Å². The zero-order chi connectivity index (χ0) is 33.0. The van der Waals surface area contributed by atoms with Crippen LogP contribution in [-0.4, -0.2) is 50.3 Å². The summed E-state index contributed by atoms with van der Waals surface area (Å²) in [4.78, 5) is 32.3. The lowest BCUT2D eigenvalue weighted by atomic mass is 10.2. The maximum atomic E-state index is 11.0. The van der Waals surface area contributed by atoms with Crippen LogP contribution in [0.2, 0.25) is 0 Å². The minimum absolute atomic E-state index is 0.0305. The Morgan fingerprint density at radius 1 is 0.791 bits per heavy atom. The number of primary amides is 1. The SMILES string of the molecule is CC(C)=CC=C(C)C.CCOC(=O)COc1cccc(C)c1.CNC(=O)c1ccccc1.CO.NC(=O)c1ccccc1. The predicted molar refractivity (Wildman–Crippen MR) is 175 cm³/mol. The van der Waals surface area contributed by atoms with E-state index in [0.29, 0.717) is 23.5 Å². The second-order valence-electron chi connectivity index (χ2n) is 9.07. The molecule has 3 rings (SSSR count). The molecule has 0 fully saturated rings. The van der Waals surface area contributed by atoms with Crippen molar-refractivity contribution in [1.82, 2.24) is 5.32 Å². The molecule has 0 aliphatic heterocycles. The first kappa shape index (κ1) is 40.4. The smallest absolute Gasteiger partial charge is 0.344 e. The van der Waals surface area contributed by atoms with E-state index in [1.54, 1.807) is 50.4 Å². The Labute approximate surface area is 257 Å². The van der Waals surface area contributed by atoms with Crippen molar-refractivity contribution in [3.63, 3.8) is 0 Å². The second kappa shape index (κ2) is 26.2. The summed E-state index contributed by atoms with van der Waals surface area (Å²) >= 11 is 0. The van der Waals surface area contributed by atoms with E-state index in [1.807, 2.05) is 55.5 Å². The molecular weight excluding hydrogens is 544 g/mol. The molecule has 0 spiro atoms. The minimum Gasteiger partial charge on any atom is -0.482 e. The molecule has 3 aromatic rings. The number of nitrogens with one attached hydrogen (secondary N) is 1. The molecule has 0 aromatic heterocycles. The van der Waals surface area contributed by atoms with Gasteiger partial charge in [0.2, 0.25) is 5.91 Å². The Balaban J connectivity index is 0. The third-order valence-corrected chi connectivity index (χ3v) is 4.72. The van der Waals surface area contributed by atoms with Crippen LogP contribution in [0.4, 0.5) is 0 Å². The Bertz CT molecular complexity index is 1220. The Morgan fingerprint density at radius 2 is 1.28 bits per heavy atom. The molecular formula is C35H48N2O6. The largest absolute Gasteiger partial charge is 0.482 e. The number of allylic oxidation sites excluding steroid dienone is 4. The molecule has 0 radical (unpaired) electrons. The van der Waals surface area contributed by atoms with Gasteiger partial charge in [-0.1, -0.05) is 71.8 Å². The number of hydrogen-bond acceptors (Lipinski definition) is 6. The molecule has 43 heavy (non-hydrogen) atoms. The molecule has 8 nitrogen and oxygen atoms in total. The minimum atomic E-state index is -0.379. The fraction of sp³-hybridized carbons (Fsp3) is 0.286. The third kappa shape index (κ3) is 23.7. The number of amides is 2. The number of esters is 1. The van der Waals surface area contributed by atoms with Gasteiger partial charge >= 0.3 is 5.97 Å². The van der Waals surface area contributed by atoms with E-state index in [0.717, 1.165) is 12.7 Å². The number of hydrogen-bond donors (Lipinski definition) is 3. The quantitative estimate of drug-likeness (QED) is 0.218. The number of ether oxygens (including phenoxy) is 2. The molecule has 0 aliphatic rings. The van der Waals surface area contributed by atoms with Gasteiger partial charge in [0.25, 0.3) is 5.91 Å². The number of rotatable bonds is 7. The monoisotopic (exact) mass is 592 g/mol. The molecule has 0 saturated carbocycles. The number of nitrogens with two attached hydrogens (primary N) is 1. The van der Waals surface area contributed by atoms with Gasteiger partial charge in [-0.15, -0.1) is 0 Å². The maximum absolute atomic E-state index is 11.0. The number of carbonyl (C=O) groups is 3. The molecule has 234 valence electrons. The molecule has 0 aliphatic carbocycles. The maximum Gasteiger partial charge on any atom is 0.344 e. The fourth-order valence-electron chi connectivity index (χ4n) is 2.72. The van der Waals surface area contributed by atoms with Gasteiger partial charge in [0.05, 0.1) is 6.61 Å². The lowest BCUT2D eigenvalue weighted by Crippen LogP contribution is -2.17. The summed E-state index contributed by atoms with van der Waals surface area (Å²) in [5, 5.41) is 9.54. The summed E-state index contributed by atoms with van der Waals surface area (Å²) in [5.41, 5.74) is 10.0. The highest BCUT2D eigenvalue weighted by atomic mass is 16.6. The molecule has 4 N–H and O–H groups in total. The molecule has 0 unspecified atom stereocenters. The first-order valence-electron chi connectivity index (χ1n) is 13.7. The Hall–Kier alpha value is -4.69. The van der Waals surface area contributed by atoms with Gasteiger partial charge in [-0.25, -0.2) is 4.79 Å². The highest BCUT2D eigenvalue weighted by Crippen LogP contribution is 2.12. The number of carbonyl (C=O) groups excluding carboxylic acids is 3. The molecule has 0 atom stereocenters. The standard InChI is InChI=1S/C11H14O3.C8H9NO.C8H14.C7H7NO.CH4O/c1-3-13-11(12)8-14-10-6-4-5-9(2)7-10;1-9-8(10)7-5-3-2-4-6-7;1-7(2)5-6-8(3)4;8-7(9)6-4-2-1-3-5-6;1-2/h4-7H,3,8H2,1-2H3;2-6H,1H3,(H,9,10);5-6H,1-4H3;1-5H,(H2,8,9);2H,1H3. The summed E-state index contributed by atoms with van der Waals surface area (Å²) < 4.78 is 9.96. The van der Waals surface area contributed by atoms with E-state index in [4.69, 9.17) is 20.3 Å². The second-order valence-corrected chi connectivity index (χ2v) is 9.07. The number of aliphatic hydroxyl groups is 1. The number of aryl methyl sites for hydroxylation is 1. The van der Waals surface area contributed by atoms with Crippen LogP contribution in [-0.2, 0) is 9.53 Å². The Morgan fingerprint density at radius 3 is 1.65 bits per heavy atom. The predicted octanol–water partition coefficient (Wildman–Crippen LogP) is 6.30. The van der Waals surface area contributed by atoms with Crippen molar-refractivity contribution in [2.24, 2.45) is 5.73 Å². The van der Waals surface area contributed by atoms with Crippen LogP contribution < -0.4 is 15.8 Å². The van der Waals surface area contributed by atoms with E-state index in [9.17, 15) is 14.4 Å². The van der Waals surface area contributed by atoms with Crippen molar-refractivity contribution >= 4 is 17.8 Å². The summed E-state index contributed by atoms with van der Waals surface area (Å²) in [6.07, 6.45) is 4.24. The van der Waals surface area contributed by atoms with E-state index in [-0.39, 0.29) is 24.4 Å². The Kier molecular flexibility index (Phi) is 24.7. The van der Waals surface area contributed by atoms with E-state index in [2.05, 4.69) is 45.2 Å². The van der Waals surface area contributed by atoms with E-state index in [1.165, 1.54) is 11.1 Å². The summed E-state index contributed by atoms with van der Waals surface area (Å²) in [5.74, 6) is -0.0664. The van der Waals surface area contributed by atoms with Crippen LogP contribution >= 0.6 is 0 Å². The van der Waals surface area contributed by atoms with Crippen molar-refractivity contribution in [3.05, 3.63) is 125 Å². The van der Waals surface area contributed by atoms with Crippen LogP contribution in [0.15, 0.2) is 108 Å². The first-order valence-corrected chi connectivity index (χ1v) is 13.7. The average Bonchev–Trinajstić information content (AvgIpc) is 3.01. The highest BCUT2D eigenvalue weighted by Gasteiger charge is 2.02. The van der Waals surface area contributed by atoms with Crippen molar-refractivity contribution in [2.75, 3.05) is 27.4 Å². The van der Waals surface area contributed by atoms with Gasteiger partial charge in [-0.2, -0.15) is 0 Å². The first-order chi connectivity index (χ1) is 20.5. The highest BCUT2D eigenvalue weighted by molar-refractivity contribution is 5.93. The van der Waals surface area contributed by atoms with Crippen molar-refractivity contribution in [2.45, 2.75) is 41.5 Å². The summed E-state index contributed by atoms with van der Waals surface area (Å²) in [6, 6.07) is 25.4. The van der Waals surface area contributed by atoms with Crippen LogP contribution in [0.25, 0.3) is 0 Å². The van der Waals surface area contributed by atoms with Gasteiger partial charge in [-0.05, 0) is 83.5 Å². The van der Waals surface area contributed by atoms with E-state index >= 15 is 0 Å². The fourth-order valence-corrected chi connectivity index (χ4v) is 2.72. The molecule has 3 aromatic carbocycles. The van der Waals surface area contributed by atoms with Gasteiger partial charge < -0.3 is 25.6 Å². The molecule has 0 saturated heterocycles. The van der Waals surface area contributed by atoms with E-state index < -0.39 is 0 Å². The van der Waals surface area contributed by atoms with Crippen molar-refractivity contribution in [1.29, 1.82) is 0 Å². The average molecular weight is 593 g/mol. The number of benzene rings is 3. The molecule has 0 heterocycles. The number of aliphatic hydroxyl groups excluding tert-OH is 1. The zero-order valence-electron chi connectivity index (χ0n) is 26.7. The topological polar surface area (TPSA) is 128 Å². The summed E-state index contributed by atoms with van der Waals surface area (Å²) in [7, 11) is 2.62. The summed E-state index contributed by atoms with van der Waals surface area (Å²) in [6.45, 7) is 12.5. The van der Waals surface area contributed by atoms with Gasteiger partial charge in [0.1, 0.15) is 5.75 Å². The lowest BCUT2D eigenvalue weighted by molar-refractivity contribution is -0.145. The molecule has 0 bridgehead atoms. The van der Waals surface area contributed by atoms with Crippen LogP contribution in [0.1, 0.15) is 60.9 Å². The van der Waals surface area contributed by atoms with Gasteiger partial charge in [0, 0.05) is 25.3 Å². The normalized spacial score (nSPS) is 8.67. The molecule has 8 heteroatoms. The van der Waals surface area contributed by atoms with Crippen molar-refractivity contribution in [3.8, 4) is 5.75 Å². The van der Waals surface area contributed by atoms with Gasteiger partial charge in [0.15, 0.2) is 6.61 Å². The third-order valence-electron chi connectivity index (χ3n) is 4.72.